The van der Waals surface area contributed by atoms with Gasteiger partial charge in [-0.05, 0) is 25.3 Å². The van der Waals surface area contributed by atoms with E-state index >= 15 is 0 Å². The topological polar surface area (TPSA) is 39.1 Å². The van der Waals surface area contributed by atoms with E-state index in [-0.39, 0.29) is 0 Å². The molecule has 1 aliphatic rings. The van der Waals surface area contributed by atoms with Gasteiger partial charge in [0.05, 0.1) is 18.8 Å². The van der Waals surface area contributed by atoms with E-state index in [1.165, 1.54) is 19.3 Å². The minimum atomic E-state index is 0.748. The Labute approximate surface area is 103 Å². The maximum atomic E-state index is 5.52. The first-order valence-electron chi connectivity index (χ1n) is 6.72. The normalized spacial score (nSPS) is 15.4. The van der Waals surface area contributed by atoms with Gasteiger partial charge in [-0.2, -0.15) is 5.10 Å². The number of ether oxygens (including phenoxy) is 1. The highest BCUT2D eigenvalue weighted by atomic mass is 16.5. The highest BCUT2D eigenvalue weighted by Gasteiger charge is 2.20. The fraction of sp³-hybridized carbons (Fsp3) is 0.769. The SMILES string of the molecule is CCCCOCCn1ccc(CNC2CC2)n1. The third-order valence-electron chi connectivity index (χ3n) is 2.95. The van der Waals surface area contributed by atoms with Gasteiger partial charge in [-0.1, -0.05) is 13.3 Å². The van der Waals surface area contributed by atoms with Crippen molar-refractivity contribution in [3.05, 3.63) is 18.0 Å². The van der Waals surface area contributed by atoms with Crippen LogP contribution in [0.5, 0.6) is 0 Å². The highest BCUT2D eigenvalue weighted by molar-refractivity contribution is 4.99. The Morgan fingerprint density at radius 1 is 1.47 bits per heavy atom. The van der Waals surface area contributed by atoms with E-state index in [1.807, 2.05) is 10.9 Å². The second-order valence-electron chi connectivity index (χ2n) is 4.69. The second kappa shape index (κ2) is 6.77. The zero-order chi connectivity index (χ0) is 11.9. The highest BCUT2D eigenvalue weighted by Crippen LogP contribution is 2.18. The number of nitrogens with one attached hydrogen (secondary N) is 1. The molecule has 0 unspecified atom stereocenters. The van der Waals surface area contributed by atoms with Crippen LogP contribution in [-0.4, -0.2) is 29.0 Å². The molecular formula is C13H23N3O. The quantitative estimate of drug-likeness (QED) is 0.667. The number of rotatable bonds is 9. The van der Waals surface area contributed by atoms with Gasteiger partial charge >= 0.3 is 0 Å². The standard InChI is InChI=1S/C13H23N3O/c1-2-3-9-17-10-8-16-7-6-13(15-16)11-14-12-4-5-12/h6-7,12,14H,2-5,8-11H2,1H3. The van der Waals surface area contributed by atoms with Gasteiger partial charge in [0.25, 0.3) is 0 Å². The zero-order valence-electron chi connectivity index (χ0n) is 10.7. The first-order chi connectivity index (χ1) is 8.38. The average Bonchev–Trinajstić information content (AvgIpc) is 3.06. The lowest BCUT2D eigenvalue weighted by molar-refractivity contribution is 0.121. The van der Waals surface area contributed by atoms with Gasteiger partial charge in [0.2, 0.25) is 0 Å². The van der Waals surface area contributed by atoms with Crippen molar-refractivity contribution in [2.45, 2.75) is 51.7 Å². The number of unbranched alkanes of at least 4 members (excludes halogenated alkanes) is 1. The van der Waals surface area contributed by atoms with Gasteiger partial charge in [0, 0.05) is 25.4 Å². The van der Waals surface area contributed by atoms with Crippen LogP contribution in [0.25, 0.3) is 0 Å². The van der Waals surface area contributed by atoms with Crippen LogP contribution in [0.3, 0.4) is 0 Å². The van der Waals surface area contributed by atoms with Crippen molar-refractivity contribution >= 4 is 0 Å². The van der Waals surface area contributed by atoms with E-state index in [2.05, 4.69) is 23.4 Å². The predicted octanol–water partition coefficient (Wildman–Crippen LogP) is 1.95. The Balaban J connectivity index is 1.59. The molecule has 0 spiro atoms. The van der Waals surface area contributed by atoms with Crippen molar-refractivity contribution in [1.82, 2.24) is 15.1 Å². The van der Waals surface area contributed by atoms with Gasteiger partial charge in [-0.15, -0.1) is 0 Å². The molecule has 1 N–H and O–H groups in total. The Morgan fingerprint density at radius 3 is 3.12 bits per heavy atom. The number of aromatic nitrogens is 2. The Bertz CT molecular complexity index is 320. The molecule has 0 aliphatic heterocycles. The van der Waals surface area contributed by atoms with Crippen LogP contribution in [0, 0.1) is 0 Å². The van der Waals surface area contributed by atoms with E-state index in [1.54, 1.807) is 0 Å². The summed E-state index contributed by atoms with van der Waals surface area (Å²) in [6.07, 6.45) is 7.03. The molecule has 0 radical (unpaired) electrons. The van der Waals surface area contributed by atoms with Crippen molar-refractivity contribution in [2.24, 2.45) is 0 Å². The summed E-state index contributed by atoms with van der Waals surface area (Å²) in [5, 5.41) is 7.97. The summed E-state index contributed by atoms with van der Waals surface area (Å²) in [4.78, 5) is 0. The van der Waals surface area contributed by atoms with Crippen LogP contribution >= 0.6 is 0 Å². The van der Waals surface area contributed by atoms with Crippen molar-refractivity contribution < 1.29 is 4.74 Å². The largest absolute Gasteiger partial charge is 0.380 e. The Hall–Kier alpha value is -0.870. The lowest BCUT2D eigenvalue weighted by Crippen LogP contribution is -2.16. The molecule has 1 aromatic heterocycles. The van der Waals surface area contributed by atoms with Crippen LogP contribution in [0.1, 0.15) is 38.3 Å². The number of hydrogen-bond acceptors (Lipinski definition) is 3. The molecular weight excluding hydrogens is 214 g/mol. The monoisotopic (exact) mass is 237 g/mol. The molecule has 1 saturated carbocycles. The molecule has 4 nitrogen and oxygen atoms in total. The lowest BCUT2D eigenvalue weighted by Gasteiger charge is -2.03. The summed E-state index contributed by atoms with van der Waals surface area (Å²) < 4.78 is 7.49. The Morgan fingerprint density at radius 2 is 2.35 bits per heavy atom. The van der Waals surface area contributed by atoms with Crippen LogP contribution in [0.2, 0.25) is 0 Å². The van der Waals surface area contributed by atoms with E-state index in [0.29, 0.717) is 0 Å². The first kappa shape index (κ1) is 12.6. The zero-order valence-corrected chi connectivity index (χ0v) is 10.7. The molecule has 1 aliphatic carbocycles. The molecule has 0 amide bonds. The molecule has 0 saturated heterocycles. The van der Waals surface area contributed by atoms with Crippen LogP contribution in [0.15, 0.2) is 12.3 Å². The van der Waals surface area contributed by atoms with E-state index in [9.17, 15) is 0 Å². The second-order valence-corrected chi connectivity index (χ2v) is 4.69. The Kier molecular flexibility index (Phi) is 5.01. The molecule has 1 aromatic rings. The molecule has 0 atom stereocenters. The van der Waals surface area contributed by atoms with Crippen molar-refractivity contribution in [1.29, 1.82) is 0 Å². The van der Waals surface area contributed by atoms with Crippen molar-refractivity contribution in [3.63, 3.8) is 0 Å². The molecule has 1 fully saturated rings. The van der Waals surface area contributed by atoms with Crippen LogP contribution in [0.4, 0.5) is 0 Å². The average molecular weight is 237 g/mol. The van der Waals surface area contributed by atoms with Crippen LogP contribution in [-0.2, 0) is 17.8 Å². The molecule has 17 heavy (non-hydrogen) atoms. The molecule has 0 bridgehead atoms. The maximum Gasteiger partial charge on any atom is 0.0762 e. The summed E-state index contributed by atoms with van der Waals surface area (Å²) >= 11 is 0. The van der Waals surface area contributed by atoms with Gasteiger partial charge in [0.1, 0.15) is 0 Å². The van der Waals surface area contributed by atoms with Gasteiger partial charge in [-0.25, -0.2) is 0 Å². The lowest BCUT2D eigenvalue weighted by atomic mass is 10.4. The summed E-state index contributed by atoms with van der Waals surface area (Å²) in [5.41, 5.74) is 1.13. The summed E-state index contributed by atoms with van der Waals surface area (Å²) in [7, 11) is 0. The number of hydrogen-bond donors (Lipinski definition) is 1. The molecule has 0 aromatic carbocycles. The van der Waals surface area contributed by atoms with Crippen molar-refractivity contribution in [3.8, 4) is 0 Å². The van der Waals surface area contributed by atoms with Crippen molar-refractivity contribution in [2.75, 3.05) is 13.2 Å². The first-order valence-corrected chi connectivity index (χ1v) is 6.72. The minimum Gasteiger partial charge on any atom is -0.380 e. The summed E-state index contributed by atoms with van der Waals surface area (Å²) in [6.45, 7) is 5.56. The number of nitrogens with zero attached hydrogens (tertiary/aromatic N) is 2. The summed E-state index contributed by atoms with van der Waals surface area (Å²) in [5.74, 6) is 0. The fourth-order valence-electron chi connectivity index (χ4n) is 1.67. The maximum absolute atomic E-state index is 5.52. The van der Waals surface area contributed by atoms with E-state index in [0.717, 1.165) is 44.5 Å². The third kappa shape index (κ3) is 4.88. The van der Waals surface area contributed by atoms with Crippen LogP contribution < -0.4 is 5.32 Å². The van der Waals surface area contributed by atoms with Gasteiger partial charge < -0.3 is 10.1 Å². The molecule has 4 heteroatoms. The van der Waals surface area contributed by atoms with Gasteiger partial charge in [0.15, 0.2) is 0 Å². The predicted molar refractivity (Wildman–Crippen MR) is 67.8 cm³/mol. The minimum absolute atomic E-state index is 0.748. The smallest absolute Gasteiger partial charge is 0.0762 e. The fourth-order valence-corrected chi connectivity index (χ4v) is 1.67. The third-order valence-corrected chi connectivity index (χ3v) is 2.95. The van der Waals surface area contributed by atoms with Gasteiger partial charge in [-0.3, -0.25) is 4.68 Å². The van der Waals surface area contributed by atoms with E-state index in [4.69, 9.17) is 4.74 Å². The molecule has 96 valence electrons. The molecule has 1 heterocycles. The summed E-state index contributed by atoms with van der Waals surface area (Å²) in [6, 6.07) is 2.83. The van der Waals surface area contributed by atoms with E-state index < -0.39 is 0 Å². The molecule has 2 rings (SSSR count).